The van der Waals surface area contributed by atoms with Gasteiger partial charge in [0.05, 0.1) is 5.69 Å². The molecule has 0 aliphatic rings. The van der Waals surface area contributed by atoms with Crippen LogP contribution in [-0.4, -0.2) is 10.9 Å². The van der Waals surface area contributed by atoms with Crippen LogP contribution in [0.3, 0.4) is 0 Å². The lowest BCUT2D eigenvalue weighted by molar-refractivity contribution is 0.0997. The van der Waals surface area contributed by atoms with Crippen molar-refractivity contribution in [2.75, 3.05) is 5.32 Å². The molecule has 0 unspecified atom stereocenters. The first-order valence-electron chi connectivity index (χ1n) is 8.33. The first kappa shape index (κ1) is 18.6. The highest BCUT2D eigenvalue weighted by Gasteiger charge is 2.22. The van der Waals surface area contributed by atoms with Crippen LogP contribution in [0.15, 0.2) is 56.6 Å². The fourth-order valence-electron chi connectivity index (χ4n) is 2.73. The molecular weight excluding hydrogens is 402 g/mol. The van der Waals surface area contributed by atoms with E-state index in [0.717, 1.165) is 27.6 Å². The Morgan fingerprint density at radius 2 is 2.07 bits per heavy atom. The summed E-state index contributed by atoms with van der Waals surface area (Å²) in [5, 5.41) is 5.23. The molecule has 0 aliphatic carbocycles. The number of nitrogens with one attached hydrogen (secondary N) is 1. The van der Waals surface area contributed by atoms with Gasteiger partial charge in [0.15, 0.2) is 5.76 Å². The minimum atomic E-state index is -0.848. The number of carbonyl (C=O) groups excluding carboxylic acids is 1. The first-order valence-corrected chi connectivity index (χ1v) is 10.2. The molecule has 0 radical (unpaired) electrons. The minimum absolute atomic E-state index is 0.103. The van der Waals surface area contributed by atoms with Gasteiger partial charge in [-0.15, -0.1) is 11.3 Å². The molecule has 1 amide bonds. The van der Waals surface area contributed by atoms with Gasteiger partial charge in [-0.25, -0.2) is 13.8 Å². The Kier molecular flexibility index (Phi) is 5.15. The van der Waals surface area contributed by atoms with Crippen molar-refractivity contribution in [2.24, 2.45) is 0 Å². The molecule has 4 nitrogen and oxygen atoms in total. The minimum Gasteiger partial charge on any atom is -0.451 e. The lowest BCUT2D eigenvalue weighted by atomic mass is 10.1. The van der Waals surface area contributed by atoms with Gasteiger partial charge in [0.25, 0.3) is 5.91 Å². The highest BCUT2D eigenvalue weighted by atomic mass is 32.2. The van der Waals surface area contributed by atoms with Crippen LogP contribution in [0, 0.1) is 18.6 Å². The molecule has 0 aliphatic heterocycles. The number of anilines is 1. The number of furan rings is 1. The van der Waals surface area contributed by atoms with Crippen molar-refractivity contribution in [3.63, 3.8) is 0 Å². The Labute approximate surface area is 167 Å². The number of nitrogens with zero attached hydrogens (tertiary/aromatic N) is 1. The average molecular weight is 416 g/mol. The fraction of sp³-hybridized carbons (Fsp3) is 0.100. The van der Waals surface area contributed by atoms with Crippen molar-refractivity contribution in [3.05, 3.63) is 76.5 Å². The van der Waals surface area contributed by atoms with E-state index < -0.39 is 17.5 Å². The lowest BCUT2D eigenvalue weighted by Crippen LogP contribution is -2.14. The number of hydrogen-bond donors (Lipinski definition) is 1. The van der Waals surface area contributed by atoms with Gasteiger partial charge >= 0.3 is 0 Å². The number of halogens is 2. The summed E-state index contributed by atoms with van der Waals surface area (Å²) in [7, 11) is 0. The molecule has 0 spiro atoms. The number of rotatable bonds is 5. The van der Waals surface area contributed by atoms with E-state index in [1.54, 1.807) is 6.07 Å². The molecule has 4 rings (SSSR count). The molecule has 0 saturated heterocycles. The number of aryl methyl sites for hydroxylation is 1. The van der Waals surface area contributed by atoms with E-state index in [2.05, 4.69) is 10.3 Å². The number of aromatic nitrogens is 1. The van der Waals surface area contributed by atoms with E-state index in [0.29, 0.717) is 16.9 Å². The predicted molar refractivity (Wildman–Crippen MR) is 107 cm³/mol. The van der Waals surface area contributed by atoms with Crippen LogP contribution in [-0.2, 0) is 5.75 Å². The first-order chi connectivity index (χ1) is 13.5. The number of para-hydroxylation sites is 1. The van der Waals surface area contributed by atoms with Crippen LogP contribution >= 0.6 is 23.1 Å². The zero-order valence-corrected chi connectivity index (χ0v) is 16.3. The molecule has 2 heterocycles. The van der Waals surface area contributed by atoms with Crippen molar-refractivity contribution >= 4 is 45.7 Å². The number of thioether (sulfide) groups is 1. The summed E-state index contributed by atoms with van der Waals surface area (Å²) in [5.41, 5.74) is 2.10. The third-order valence-electron chi connectivity index (χ3n) is 4.02. The molecule has 0 fully saturated rings. The van der Waals surface area contributed by atoms with Gasteiger partial charge in [0, 0.05) is 33.8 Å². The lowest BCUT2D eigenvalue weighted by Gasteiger charge is -2.06. The summed E-state index contributed by atoms with van der Waals surface area (Å²) in [6, 6.07) is 10.3. The summed E-state index contributed by atoms with van der Waals surface area (Å²) < 4.78 is 33.6. The molecule has 0 atom stereocenters. The van der Waals surface area contributed by atoms with Crippen molar-refractivity contribution < 1.29 is 18.0 Å². The van der Waals surface area contributed by atoms with E-state index in [1.807, 2.05) is 30.5 Å². The van der Waals surface area contributed by atoms with Crippen LogP contribution in [0.2, 0.25) is 0 Å². The Morgan fingerprint density at radius 1 is 1.25 bits per heavy atom. The average Bonchev–Trinajstić information content (AvgIpc) is 3.25. The molecule has 0 bridgehead atoms. The second kappa shape index (κ2) is 7.73. The van der Waals surface area contributed by atoms with Gasteiger partial charge < -0.3 is 9.73 Å². The van der Waals surface area contributed by atoms with Crippen LogP contribution in [0.1, 0.15) is 21.8 Å². The van der Waals surface area contributed by atoms with Gasteiger partial charge in [-0.05, 0) is 25.1 Å². The van der Waals surface area contributed by atoms with Crippen LogP contribution in [0.5, 0.6) is 0 Å². The number of fused-ring (bicyclic) bond motifs is 1. The predicted octanol–water partition coefficient (Wildman–Crippen LogP) is 6.02. The third-order valence-corrected chi connectivity index (χ3v) is 6.19. The fourth-order valence-corrected chi connectivity index (χ4v) is 4.61. The molecular formula is C20H14F2N2O2S2. The molecule has 28 heavy (non-hydrogen) atoms. The maximum atomic E-state index is 13.9. The standard InChI is InChI=1S/C20H14F2N2O2S2/c1-11-9-27-20(23-11)28-10-14-13-4-2-3-5-17(13)26-18(14)19(25)24-16-7-6-12(21)8-15(16)22/h2-9H,10H2,1H3,(H,24,25). The van der Waals surface area contributed by atoms with Gasteiger partial charge in [0.2, 0.25) is 0 Å². The summed E-state index contributed by atoms with van der Waals surface area (Å²) in [6.07, 6.45) is 0. The molecule has 2 aromatic heterocycles. The largest absolute Gasteiger partial charge is 0.451 e. The summed E-state index contributed by atoms with van der Waals surface area (Å²) in [4.78, 5) is 17.2. The monoisotopic (exact) mass is 416 g/mol. The van der Waals surface area contributed by atoms with Crippen molar-refractivity contribution in [1.29, 1.82) is 0 Å². The van der Waals surface area contributed by atoms with Crippen molar-refractivity contribution in [3.8, 4) is 0 Å². The van der Waals surface area contributed by atoms with Gasteiger partial charge in [-0.2, -0.15) is 0 Å². The smallest absolute Gasteiger partial charge is 0.291 e. The van der Waals surface area contributed by atoms with Crippen molar-refractivity contribution in [1.82, 2.24) is 4.98 Å². The van der Waals surface area contributed by atoms with E-state index >= 15 is 0 Å². The van der Waals surface area contributed by atoms with Gasteiger partial charge in [-0.3, -0.25) is 4.79 Å². The zero-order valence-electron chi connectivity index (χ0n) is 14.7. The maximum absolute atomic E-state index is 13.9. The summed E-state index contributed by atoms with van der Waals surface area (Å²) in [6.45, 7) is 1.92. The van der Waals surface area contributed by atoms with Crippen LogP contribution < -0.4 is 5.32 Å². The summed E-state index contributed by atoms with van der Waals surface area (Å²) in [5.74, 6) is -1.58. The topological polar surface area (TPSA) is 55.1 Å². The number of amides is 1. The number of thiazole rings is 1. The van der Waals surface area contributed by atoms with Crippen LogP contribution in [0.25, 0.3) is 11.0 Å². The molecule has 4 aromatic rings. The Bertz CT molecular complexity index is 1170. The van der Waals surface area contributed by atoms with Crippen LogP contribution in [0.4, 0.5) is 14.5 Å². The third kappa shape index (κ3) is 3.79. The molecule has 142 valence electrons. The highest BCUT2D eigenvalue weighted by molar-refractivity contribution is 8.00. The van der Waals surface area contributed by atoms with E-state index in [1.165, 1.54) is 29.2 Å². The molecule has 8 heteroatoms. The Hall–Kier alpha value is -2.71. The Balaban J connectivity index is 1.66. The van der Waals surface area contributed by atoms with Gasteiger partial charge in [0.1, 0.15) is 21.6 Å². The second-order valence-corrected chi connectivity index (χ2v) is 8.11. The second-order valence-electron chi connectivity index (χ2n) is 6.03. The highest BCUT2D eigenvalue weighted by Crippen LogP contribution is 2.33. The van der Waals surface area contributed by atoms with E-state index in [4.69, 9.17) is 4.42 Å². The zero-order chi connectivity index (χ0) is 19.7. The number of benzene rings is 2. The number of hydrogen-bond acceptors (Lipinski definition) is 5. The molecule has 0 saturated carbocycles. The molecule has 1 N–H and O–H groups in total. The Morgan fingerprint density at radius 3 is 2.82 bits per heavy atom. The molecule has 2 aromatic carbocycles. The van der Waals surface area contributed by atoms with E-state index in [9.17, 15) is 13.6 Å². The van der Waals surface area contributed by atoms with Gasteiger partial charge in [-0.1, -0.05) is 30.0 Å². The van der Waals surface area contributed by atoms with Crippen molar-refractivity contribution in [2.45, 2.75) is 17.0 Å². The quantitative estimate of drug-likeness (QED) is 0.404. The number of carbonyl (C=O) groups is 1. The normalized spacial score (nSPS) is 11.1. The van der Waals surface area contributed by atoms with E-state index in [-0.39, 0.29) is 11.4 Å². The summed E-state index contributed by atoms with van der Waals surface area (Å²) >= 11 is 3.03. The maximum Gasteiger partial charge on any atom is 0.291 e. The SMILES string of the molecule is Cc1csc(SCc2c(C(=O)Nc3ccc(F)cc3F)oc3ccccc23)n1.